The molecule has 24 heavy (non-hydrogen) atoms. The van der Waals surface area contributed by atoms with Crippen LogP contribution >= 0.6 is 11.3 Å². The van der Waals surface area contributed by atoms with Crippen molar-refractivity contribution in [3.05, 3.63) is 33.6 Å². The zero-order chi connectivity index (χ0) is 16.7. The number of thiazole rings is 1. The third-order valence-electron chi connectivity index (χ3n) is 5.11. The number of nitrogens with two attached hydrogens (primary N) is 1. The van der Waals surface area contributed by atoms with Crippen molar-refractivity contribution in [2.24, 2.45) is 0 Å². The molecule has 0 spiro atoms. The summed E-state index contributed by atoms with van der Waals surface area (Å²) in [6.07, 6.45) is 6.41. The molecule has 0 bridgehead atoms. The highest BCUT2D eigenvalue weighted by Gasteiger charge is 2.28. The Bertz CT molecular complexity index is 776. The zero-order valence-electron chi connectivity index (χ0n) is 14.2. The molecule has 0 aromatic carbocycles. The minimum absolute atomic E-state index is 0.179. The number of aromatic nitrogens is 2. The molecule has 128 valence electrons. The minimum Gasteiger partial charge on any atom is -0.375 e. The monoisotopic (exact) mass is 344 g/mol. The van der Waals surface area contributed by atoms with Crippen LogP contribution < -0.4 is 5.73 Å². The fraction of sp³-hybridized carbons (Fsp3) is 0.556. The van der Waals surface area contributed by atoms with E-state index in [1.807, 2.05) is 4.90 Å². The van der Waals surface area contributed by atoms with E-state index in [0.29, 0.717) is 11.7 Å². The van der Waals surface area contributed by atoms with Gasteiger partial charge in [-0.3, -0.25) is 4.79 Å². The lowest BCUT2D eigenvalue weighted by atomic mass is 10.1. The van der Waals surface area contributed by atoms with Crippen molar-refractivity contribution in [3.63, 3.8) is 0 Å². The average molecular weight is 344 g/mol. The molecular formula is C18H24N4OS. The smallest absolute Gasteiger partial charge is 0.256 e. The van der Waals surface area contributed by atoms with E-state index in [4.69, 9.17) is 5.73 Å². The number of anilines is 1. The van der Waals surface area contributed by atoms with Crippen molar-refractivity contribution in [2.45, 2.75) is 58.5 Å². The van der Waals surface area contributed by atoms with Crippen LogP contribution in [0.4, 0.5) is 5.13 Å². The van der Waals surface area contributed by atoms with E-state index >= 15 is 0 Å². The number of nitrogens with zero attached hydrogens (tertiary/aromatic N) is 3. The predicted molar refractivity (Wildman–Crippen MR) is 96.3 cm³/mol. The Labute approximate surface area is 146 Å². The Kier molecular flexibility index (Phi) is 4.08. The summed E-state index contributed by atoms with van der Waals surface area (Å²) in [5.41, 5.74) is 10.4. The van der Waals surface area contributed by atoms with Gasteiger partial charge in [0.1, 0.15) is 0 Å². The van der Waals surface area contributed by atoms with Gasteiger partial charge in [0.2, 0.25) is 0 Å². The lowest BCUT2D eigenvalue weighted by Gasteiger charge is -2.26. The molecular weight excluding hydrogens is 320 g/mol. The predicted octanol–water partition coefficient (Wildman–Crippen LogP) is 3.01. The number of fused-ring (bicyclic) bond motifs is 2. The van der Waals surface area contributed by atoms with Crippen LogP contribution in [0.15, 0.2) is 6.07 Å². The molecule has 0 saturated heterocycles. The molecule has 5 nitrogen and oxygen atoms in total. The summed E-state index contributed by atoms with van der Waals surface area (Å²) < 4.78 is 2.40. The van der Waals surface area contributed by atoms with Crippen LogP contribution in [0.25, 0.3) is 0 Å². The summed E-state index contributed by atoms with van der Waals surface area (Å²) in [6, 6.07) is 2.16. The van der Waals surface area contributed by atoms with Crippen molar-refractivity contribution in [2.75, 3.05) is 12.3 Å². The lowest BCUT2D eigenvalue weighted by molar-refractivity contribution is 0.0735. The molecule has 2 aliphatic rings. The average Bonchev–Trinajstić information content (AvgIpc) is 3.14. The molecule has 6 heteroatoms. The van der Waals surface area contributed by atoms with Crippen LogP contribution in [0.2, 0.25) is 0 Å². The number of hydrogen-bond donors (Lipinski definition) is 1. The second kappa shape index (κ2) is 6.24. The van der Waals surface area contributed by atoms with Gasteiger partial charge in [-0.2, -0.15) is 0 Å². The fourth-order valence-electron chi connectivity index (χ4n) is 3.96. The van der Waals surface area contributed by atoms with Gasteiger partial charge in [0, 0.05) is 35.8 Å². The maximum absolute atomic E-state index is 13.2. The van der Waals surface area contributed by atoms with Crippen LogP contribution in [0.1, 0.15) is 58.5 Å². The van der Waals surface area contributed by atoms with E-state index in [0.717, 1.165) is 54.9 Å². The Hall–Kier alpha value is -1.82. The van der Waals surface area contributed by atoms with Crippen LogP contribution in [-0.4, -0.2) is 26.9 Å². The highest BCUT2D eigenvalue weighted by atomic mass is 32.1. The summed E-state index contributed by atoms with van der Waals surface area (Å²) in [4.78, 5) is 20.7. The SMILES string of the molecule is CCCc1c(C(=O)N2CCc3nc(N)sc3C2)cc2n1CCCC2. The van der Waals surface area contributed by atoms with E-state index in [9.17, 15) is 4.79 Å². The normalized spacial score (nSPS) is 16.8. The summed E-state index contributed by atoms with van der Waals surface area (Å²) in [5, 5.41) is 0.611. The number of amides is 1. The summed E-state index contributed by atoms with van der Waals surface area (Å²) in [5.74, 6) is 0.179. The third kappa shape index (κ3) is 2.62. The van der Waals surface area contributed by atoms with Gasteiger partial charge in [0.15, 0.2) is 5.13 Å². The third-order valence-corrected chi connectivity index (χ3v) is 6.02. The largest absolute Gasteiger partial charge is 0.375 e. The zero-order valence-corrected chi connectivity index (χ0v) is 15.0. The van der Waals surface area contributed by atoms with Gasteiger partial charge in [-0.25, -0.2) is 4.98 Å². The van der Waals surface area contributed by atoms with Crippen molar-refractivity contribution in [1.82, 2.24) is 14.5 Å². The minimum atomic E-state index is 0.179. The Morgan fingerprint density at radius 3 is 3.04 bits per heavy atom. The van der Waals surface area contributed by atoms with E-state index in [1.54, 1.807) is 0 Å². The summed E-state index contributed by atoms with van der Waals surface area (Å²) >= 11 is 1.52. The van der Waals surface area contributed by atoms with Gasteiger partial charge >= 0.3 is 0 Å². The maximum Gasteiger partial charge on any atom is 0.256 e. The van der Waals surface area contributed by atoms with Gasteiger partial charge in [0.05, 0.1) is 17.8 Å². The molecule has 2 aromatic rings. The first-order valence-corrected chi connectivity index (χ1v) is 9.73. The summed E-state index contributed by atoms with van der Waals surface area (Å²) in [7, 11) is 0. The first-order valence-electron chi connectivity index (χ1n) is 8.92. The van der Waals surface area contributed by atoms with Crippen LogP contribution in [-0.2, 0) is 32.4 Å². The molecule has 4 heterocycles. The van der Waals surface area contributed by atoms with Crippen LogP contribution in [0.5, 0.6) is 0 Å². The van der Waals surface area contributed by atoms with E-state index in [-0.39, 0.29) is 5.91 Å². The lowest BCUT2D eigenvalue weighted by Crippen LogP contribution is -2.36. The van der Waals surface area contributed by atoms with Gasteiger partial charge in [-0.05, 0) is 31.7 Å². The molecule has 0 fully saturated rings. The molecule has 2 aromatic heterocycles. The van der Waals surface area contributed by atoms with Gasteiger partial charge in [-0.1, -0.05) is 13.3 Å². The Morgan fingerprint density at radius 1 is 1.33 bits per heavy atom. The highest BCUT2D eigenvalue weighted by molar-refractivity contribution is 7.15. The molecule has 2 N–H and O–H groups in total. The highest BCUT2D eigenvalue weighted by Crippen LogP contribution is 2.30. The molecule has 0 unspecified atom stereocenters. The number of rotatable bonds is 3. The van der Waals surface area contributed by atoms with E-state index < -0.39 is 0 Å². The van der Waals surface area contributed by atoms with Crippen molar-refractivity contribution in [3.8, 4) is 0 Å². The van der Waals surface area contributed by atoms with Crippen molar-refractivity contribution < 1.29 is 4.79 Å². The number of hydrogen-bond acceptors (Lipinski definition) is 4. The molecule has 0 radical (unpaired) electrons. The molecule has 0 saturated carbocycles. The first kappa shape index (κ1) is 15.7. The van der Waals surface area contributed by atoms with Gasteiger partial charge in [-0.15, -0.1) is 11.3 Å². The number of carbonyl (C=O) groups excluding carboxylic acids is 1. The standard InChI is InChI=1S/C18H24N4OS/c1-2-5-15-13(10-12-6-3-4-8-22(12)15)17(23)21-9-7-14-16(11-21)24-18(19)20-14/h10H,2-9,11H2,1H3,(H2,19,20). The first-order chi connectivity index (χ1) is 11.7. The Balaban J connectivity index is 1.64. The quantitative estimate of drug-likeness (QED) is 0.931. The molecule has 4 rings (SSSR count). The van der Waals surface area contributed by atoms with Gasteiger partial charge in [0.25, 0.3) is 5.91 Å². The maximum atomic E-state index is 13.2. The van der Waals surface area contributed by atoms with Crippen molar-refractivity contribution in [1.29, 1.82) is 0 Å². The number of aryl methyl sites for hydroxylation is 1. The molecule has 0 atom stereocenters. The number of carbonyl (C=O) groups is 1. The molecule has 0 aliphatic carbocycles. The van der Waals surface area contributed by atoms with E-state index in [2.05, 4.69) is 22.5 Å². The summed E-state index contributed by atoms with van der Waals surface area (Å²) in [6.45, 7) is 4.63. The number of nitrogen functional groups attached to an aromatic ring is 1. The Morgan fingerprint density at radius 2 is 2.21 bits per heavy atom. The second-order valence-corrected chi connectivity index (χ2v) is 7.87. The molecule has 2 aliphatic heterocycles. The fourth-order valence-corrected chi connectivity index (χ4v) is 4.85. The molecule has 1 amide bonds. The van der Waals surface area contributed by atoms with E-state index in [1.165, 1.54) is 35.6 Å². The topological polar surface area (TPSA) is 64.2 Å². The second-order valence-electron chi connectivity index (χ2n) is 6.75. The van der Waals surface area contributed by atoms with Crippen LogP contribution in [0, 0.1) is 0 Å². The van der Waals surface area contributed by atoms with Crippen molar-refractivity contribution >= 4 is 22.4 Å². The van der Waals surface area contributed by atoms with Gasteiger partial charge < -0.3 is 15.2 Å². The van der Waals surface area contributed by atoms with Crippen LogP contribution in [0.3, 0.4) is 0 Å².